The lowest BCUT2D eigenvalue weighted by atomic mass is 10.2. The third-order valence-corrected chi connectivity index (χ3v) is 2.73. The van der Waals surface area contributed by atoms with E-state index in [9.17, 15) is 8.78 Å². The lowest BCUT2D eigenvalue weighted by Gasteiger charge is -1.92. The summed E-state index contributed by atoms with van der Waals surface area (Å²) in [5, 5.41) is 0.367. The summed E-state index contributed by atoms with van der Waals surface area (Å²) in [7, 11) is 0. The Labute approximate surface area is 79.7 Å². The third kappa shape index (κ3) is 1.05. The van der Waals surface area contributed by atoms with E-state index in [-0.39, 0.29) is 11.6 Å². The highest BCUT2D eigenvalue weighted by atomic mass is 19.1. The third-order valence-electron chi connectivity index (χ3n) is 2.73. The van der Waals surface area contributed by atoms with Crippen molar-refractivity contribution in [3.63, 3.8) is 0 Å². The molecule has 0 bridgehead atoms. The summed E-state index contributed by atoms with van der Waals surface area (Å²) < 4.78 is 26.5. The van der Waals surface area contributed by atoms with Gasteiger partial charge in [-0.25, -0.2) is 8.78 Å². The lowest BCUT2D eigenvalue weighted by Crippen LogP contribution is -1.81. The smallest absolute Gasteiger partial charge is 0.147 e. The molecule has 0 atom stereocenters. The van der Waals surface area contributed by atoms with Crippen LogP contribution in [0.5, 0.6) is 0 Å². The van der Waals surface area contributed by atoms with Gasteiger partial charge in [0.15, 0.2) is 0 Å². The summed E-state index contributed by atoms with van der Waals surface area (Å²) in [6.07, 6.45) is 2.24. The molecule has 3 rings (SSSR count). The van der Waals surface area contributed by atoms with Gasteiger partial charge in [-0.05, 0) is 37.0 Å². The lowest BCUT2D eigenvalue weighted by molar-refractivity contribution is 0.616. The fourth-order valence-electron chi connectivity index (χ4n) is 1.79. The van der Waals surface area contributed by atoms with E-state index in [1.54, 1.807) is 6.07 Å². The van der Waals surface area contributed by atoms with Crippen molar-refractivity contribution >= 4 is 10.9 Å². The first-order valence-electron chi connectivity index (χ1n) is 4.72. The normalized spacial score (nSPS) is 16.4. The first kappa shape index (κ1) is 7.97. The van der Waals surface area contributed by atoms with E-state index in [4.69, 9.17) is 0 Å². The maximum atomic E-state index is 13.3. The van der Waals surface area contributed by atoms with Crippen LogP contribution in [0, 0.1) is 11.6 Å². The number of hydrogen-bond acceptors (Lipinski definition) is 0. The second kappa shape index (κ2) is 2.56. The molecule has 0 aliphatic heterocycles. The van der Waals surface area contributed by atoms with Gasteiger partial charge < -0.3 is 4.98 Å². The van der Waals surface area contributed by atoms with Gasteiger partial charge in [0.25, 0.3) is 0 Å². The highest BCUT2D eigenvalue weighted by Gasteiger charge is 2.26. The SMILES string of the molecule is Fc1ccc(F)c2[nH]c(C3CC3)cc12. The van der Waals surface area contributed by atoms with Crippen molar-refractivity contribution in [1.29, 1.82) is 0 Å². The molecule has 1 aromatic heterocycles. The van der Waals surface area contributed by atoms with Gasteiger partial charge in [-0.1, -0.05) is 0 Å². The Morgan fingerprint density at radius 2 is 1.86 bits per heavy atom. The number of aromatic nitrogens is 1. The van der Waals surface area contributed by atoms with Gasteiger partial charge in [0.1, 0.15) is 11.6 Å². The van der Waals surface area contributed by atoms with Crippen LogP contribution in [0.1, 0.15) is 24.5 Å². The summed E-state index contributed by atoms with van der Waals surface area (Å²) in [4.78, 5) is 2.95. The van der Waals surface area contributed by atoms with Crippen LogP contribution in [0.3, 0.4) is 0 Å². The monoisotopic (exact) mass is 193 g/mol. The number of hydrogen-bond donors (Lipinski definition) is 1. The number of fused-ring (bicyclic) bond motifs is 1. The molecular weight excluding hydrogens is 184 g/mol. The van der Waals surface area contributed by atoms with Crippen LogP contribution in [0.2, 0.25) is 0 Å². The van der Waals surface area contributed by atoms with E-state index in [2.05, 4.69) is 4.98 Å². The number of aromatic amines is 1. The van der Waals surface area contributed by atoms with Crippen molar-refractivity contribution in [2.24, 2.45) is 0 Å². The molecule has 72 valence electrons. The predicted octanol–water partition coefficient (Wildman–Crippen LogP) is 3.32. The zero-order valence-electron chi connectivity index (χ0n) is 7.48. The molecule has 1 fully saturated rings. The van der Waals surface area contributed by atoms with E-state index in [1.807, 2.05) is 0 Å². The number of nitrogens with one attached hydrogen (secondary N) is 1. The molecule has 1 heterocycles. The van der Waals surface area contributed by atoms with Crippen molar-refractivity contribution < 1.29 is 8.78 Å². The van der Waals surface area contributed by atoms with Crippen LogP contribution in [0.15, 0.2) is 18.2 Å². The largest absolute Gasteiger partial charge is 0.356 e. The Morgan fingerprint density at radius 1 is 1.14 bits per heavy atom. The van der Waals surface area contributed by atoms with Crippen molar-refractivity contribution in [3.8, 4) is 0 Å². The quantitative estimate of drug-likeness (QED) is 0.715. The van der Waals surface area contributed by atoms with Crippen LogP contribution in [0.4, 0.5) is 8.78 Å². The predicted molar refractivity (Wildman–Crippen MR) is 50.2 cm³/mol. The van der Waals surface area contributed by atoms with Crippen molar-refractivity contribution in [1.82, 2.24) is 4.98 Å². The molecule has 2 aromatic rings. The van der Waals surface area contributed by atoms with Crippen molar-refractivity contribution in [3.05, 3.63) is 35.5 Å². The van der Waals surface area contributed by atoms with Crippen LogP contribution in [-0.4, -0.2) is 4.98 Å². The fraction of sp³-hybridized carbons (Fsp3) is 0.273. The van der Waals surface area contributed by atoms with Gasteiger partial charge in [-0.2, -0.15) is 0 Å². The van der Waals surface area contributed by atoms with Gasteiger partial charge >= 0.3 is 0 Å². The van der Waals surface area contributed by atoms with E-state index in [0.29, 0.717) is 16.8 Å². The molecule has 1 nitrogen and oxygen atoms in total. The Morgan fingerprint density at radius 3 is 2.50 bits per heavy atom. The molecule has 1 N–H and O–H groups in total. The van der Waals surface area contributed by atoms with Crippen LogP contribution < -0.4 is 0 Å². The van der Waals surface area contributed by atoms with E-state index < -0.39 is 0 Å². The maximum Gasteiger partial charge on any atom is 0.147 e. The molecule has 1 aliphatic carbocycles. The number of H-pyrrole nitrogens is 1. The van der Waals surface area contributed by atoms with Gasteiger partial charge in [-0.15, -0.1) is 0 Å². The molecule has 0 spiro atoms. The summed E-state index contributed by atoms with van der Waals surface area (Å²) in [5.41, 5.74) is 1.26. The summed E-state index contributed by atoms with van der Waals surface area (Å²) in [5.74, 6) is -0.251. The zero-order chi connectivity index (χ0) is 9.71. The average molecular weight is 193 g/mol. The van der Waals surface area contributed by atoms with Gasteiger partial charge in [0.05, 0.1) is 5.52 Å². The van der Waals surface area contributed by atoms with Gasteiger partial charge in [0, 0.05) is 11.1 Å². The van der Waals surface area contributed by atoms with E-state index in [0.717, 1.165) is 24.6 Å². The fourth-order valence-corrected chi connectivity index (χ4v) is 1.79. The molecule has 0 radical (unpaired) electrons. The molecule has 0 amide bonds. The highest BCUT2D eigenvalue weighted by molar-refractivity contribution is 5.81. The van der Waals surface area contributed by atoms with E-state index in [1.165, 1.54) is 6.07 Å². The second-order valence-corrected chi connectivity index (χ2v) is 3.82. The number of rotatable bonds is 1. The van der Waals surface area contributed by atoms with Crippen molar-refractivity contribution in [2.45, 2.75) is 18.8 Å². The highest BCUT2D eigenvalue weighted by Crippen LogP contribution is 2.41. The topological polar surface area (TPSA) is 15.8 Å². The first-order chi connectivity index (χ1) is 6.75. The first-order valence-corrected chi connectivity index (χ1v) is 4.72. The molecule has 1 aromatic carbocycles. The molecule has 14 heavy (non-hydrogen) atoms. The Balaban J connectivity index is 2.30. The summed E-state index contributed by atoms with van der Waals surface area (Å²) in [6, 6.07) is 4.05. The molecule has 3 heteroatoms. The summed E-state index contributed by atoms with van der Waals surface area (Å²) >= 11 is 0. The van der Waals surface area contributed by atoms with Crippen molar-refractivity contribution in [2.75, 3.05) is 0 Å². The molecule has 0 unspecified atom stereocenters. The van der Waals surface area contributed by atoms with Gasteiger partial charge in [-0.3, -0.25) is 0 Å². The standard InChI is InChI=1S/C11H9F2N/c12-8-3-4-9(13)11-7(8)5-10(14-11)6-1-2-6/h3-6,14H,1-2H2. The Hall–Kier alpha value is -1.38. The minimum atomic E-state index is -0.381. The van der Waals surface area contributed by atoms with Gasteiger partial charge in [0.2, 0.25) is 0 Å². The molecular formula is C11H9F2N. The van der Waals surface area contributed by atoms with Crippen LogP contribution in [0.25, 0.3) is 10.9 Å². The minimum absolute atomic E-state index is 0.298. The van der Waals surface area contributed by atoms with Crippen LogP contribution in [-0.2, 0) is 0 Å². The number of benzene rings is 1. The number of halogens is 2. The Bertz CT molecular complexity index is 458. The van der Waals surface area contributed by atoms with Crippen LogP contribution >= 0.6 is 0 Å². The Kier molecular flexibility index (Phi) is 1.46. The molecule has 0 saturated heterocycles. The maximum absolute atomic E-state index is 13.3. The zero-order valence-corrected chi connectivity index (χ0v) is 7.48. The molecule has 1 aliphatic rings. The second-order valence-electron chi connectivity index (χ2n) is 3.82. The summed E-state index contributed by atoms with van der Waals surface area (Å²) in [6.45, 7) is 0. The minimum Gasteiger partial charge on any atom is -0.356 e. The molecule has 1 saturated carbocycles. The van der Waals surface area contributed by atoms with E-state index >= 15 is 0 Å². The average Bonchev–Trinajstić information content (AvgIpc) is 2.92.